The SMILES string of the molecule is O=C(O)C([C@H]1CN2CCC1CC2)[C@H]1CN(C2=Nc3cc(Cl)ccc3Oc3ccccc32)CCN1. The van der Waals surface area contributed by atoms with Crippen molar-refractivity contribution in [2.45, 2.75) is 18.9 Å². The van der Waals surface area contributed by atoms with Crippen LogP contribution in [-0.4, -0.2) is 72.0 Å². The van der Waals surface area contributed by atoms with Crippen molar-refractivity contribution < 1.29 is 14.6 Å². The Morgan fingerprint density at radius 2 is 1.94 bits per heavy atom. The molecule has 2 bridgehead atoms. The highest BCUT2D eigenvalue weighted by Crippen LogP contribution is 2.41. The molecule has 0 saturated carbocycles. The summed E-state index contributed by atoms with van der Waals surface area (Å²) in [6.07, 6.45) is 2.22. The number of benzene rings is 2. The lowest BCUT2D eigenvalue weighted by Crippen LogP contribution is -2.61. The van der Waals surface area contributed by atoms with Gasteiger partial charge in [0.05, 0.1) is 11.5 Å². The van der Waals surface area contributed by atoms with Gasteiger partial charge in [-0.15, -0.1) is 0 Å². The first-order valence-corrected chi connectivity index (χ1v) is 12.5. The maximum absolute atomic E-state index is 12.6. The molecule has 0 radical (unpaired) electrons. The number of para-hydroxylation sites is 1. The predicted octanol–water partition coefficient (Wildman–Crippen LogP) is 3.84. The first-order valence-electron chi connectivity index (χ1n) is 12.2. The van der Waals surface area contributed by atoms with E-state index in [-0.39, 0.29) is 12.0 Å². The molecule has 178 valence electrons. The number of carbonyl (C=O) groups is 1. The largest absolute Gasteiger partial charge is 0.481 e. The molecule has 2 aromatic rings. The number of piperidine rings is 3. The number of carboxylic acids is 1. The Bertz CT molecular complexity index is 1130. The van der Waals surface area contributed by atoms with E-state index >= 15 is 0 Å². The van der Waals surface area contributed by atoms with E-state index in [4.69, 9.17) is 21.3 Å². The molecule has 2 N–H and O–H groups in total. The highest BCUT2D eigenvalue weighted by Gasteiger charge is 2.46. The van der Waals surface area contributed by atoms with Gasteiger partial charge in [-0.1, -0.05) is 23.7 Å². The molecule has 4 fully saturated rings. The number of aliphatic imine (C=N–C) groups is 1. The van der Waals surface area contributed by atoms with Crippen molar-refractivity contribution >= 4 is 29.1 Å². The molecule has 5 aliphatic rings. The molecule has 0 aromatic heterocycles. The summed E-state index contributed by atoms with van der Waals surface area (Å²) in [7, 11) is 0. The third-order valence-corrected chi connectivity index (χ3v) is 8.12. The lowest BCUT2D eigenvalue weighted by molar-refractivity contribution is -0.149. The van der Waals surface area contributed by atoms with Gasteiger partial charge in [0.15, 0.2) is 5.75 Å². The van der Waals surface area contributed by atoms with Gasteiger partial charge in [-0.2, -0.15) is 0 Å². The van der Waals surface area contributed by atoms with Crippen LogP contribution in [0.1, 0.15) is 18.4 Å². The second-order valence-corrected chi connectivity index (χ2v) is 10.3. The van der Waals surface area contributed by atoms with E-state index in [2.05, 4.69) is 15.1 Å². The minimum Gasteiger partial charge on any atom is -0.481 e. The van der Waals surface area contributed by atoms with Crippen molar-refractivity contribution in [3.8, 4) is 11.5 Å². The lowest BCUT2D eigenvalue weighted by Gasteiger charge is -2.49. The number of piperazine rings is 1. The van der Waals surface area contributed by atoms with Crippen molar-refractivity contribution in [3.63, 3.8) is 0 Å². The molecule has 1 unspecified atom stereocenters. The Hall–Kier alpha value is -2.61. The molecule has 5 heterocycles. The molecule has 2 aromatic carbocycles. The lowest BCUT2D eigenvalue weighted by atomic mass is 9.70. The normalized spacial score (nSPS) is 28.7. The van der Waals surface area contributed by atoms with E-state index < -0.39 is 11.9 Å². The van der Waals surface area contributed by atoms with Crippen LogP contribution in [0.2, 0.25) is 5.02 Å². The maximum atomic E-state index is 12.6. The smallest absolute Gasteiger partial charge is 0.308 e. The number of halogens is 1. The molecule has 34 heavy (non-hydrogen) atoms. The zero-order valence-electron chi connectivity index (χ0n) is 19.0. The quantitative estimate of drug-likeness (QED) is 0.695. The van der Waals surface area contributed by atoms with Crippen molar-refractivity contribution in [3.05, 3.63) is 53.1 Å². The van der Waals surface area contributed by atoms with Gasteiger partial charge in [0, 0.05) is 37.2 Å². The summed E-state index contributed by atoms with van der Waals surface area (Å²) >= 11 is 6.27. The van der Waals surface area contributed by atoms with Gasteiger partial charge in [-0.05, 0) is 68.1 Å². The van der Waals surface area contributed by atoms with E-state index in [0.717, 1.165) is 56.2 Å². The second kappa shape index (κ2) is 8.87. The van der Waals surface area contributed by atoms with Crippen LogP contribution < -0.4 is 10.1 Å². The molecule has 7 nitrogen and oxygen atoms in total. The number of nitrogens with zero attached hydrogens (tertiary/aromatic N) is 3. The minimum atomic E-state index is -0.693. The van der Waals surface area contributed by atoms with Crippen molar-refractivity contribution in [1.82, 2.24) is 15.1 Å². The van der Waals surface area contributed by atoms with Gasteiger partial charge in [0.1, 0.15) is 17.3 Å². The van der Waals surface area contributed by atoms with E-state index in [1.165, 1.54) is 0 Å². The Balaban J connectivity index is 1.34. The Labute approximate surface area is 204 Å². The number of hydrogen-bond acceptors (Lipinski definition) is 6. The first-order chi connectivity index (χ1) is 16.6. The van der Waals surface area contributed by atoms with E-state index in [1.807, 2.05) is 36.4 Å². The van der Waals surface area contributed by atoms with Gasteiger partial charge in [-0.25, -0.2) is 4.99 Å². The minimum absolute atomic E-state index is 0.144. The summed E-state index contributed by atoms with van der Waals surface area (Å²) in [4.78, 5) is 22.2. The van der Waals surface area contributed by atoms with Gasteiger partial charge < -0.3 is 25.0 Å². The van der Waals surface area contributed by atoms with Crippen molar-refractivity contribution in [1.29, 1.82) is 0 Å². The number of nitrogens with one attached hydrogen (secondary N) is 1. The average molecular weight is 481 g/mol. The fourth-order valence-electron chi connectivity index (χ4n) is 6.22. The predicted molar refractivity (Wildman–Crippen MR) is 131 cm³/mol. The monoisotopic (exact) mass is 480 g/mol. The van der Waals surface area contributed by atoms with Crippen LogP contribution in [0.25, 0.3) is 0 Å². The van der Waals surface area contributed by atoms with Crippen LogP contribution in [0.4, 0.5) is 5.69 Å². The highest BCUT2D eigenvalue weighted by atomic mass is 35.5. The van der Waals surface area contributed by atoms with Gasteiger partial charge in [0.2, 0.25) is 0 Å². The Kier molecular flexibility index (Phi) is 5.71. The van der Waals surface area contributed by atoms with Crippen LogP contribution in [0.15, 0.2) is 47.5 Å². The van der Waals surface area contributed by atoms with Gasteiger partial charge in [-0.3, -0.25) is 4.79 Å². The zero-order chi connectivity index (χ0) is 23.2. The number of carboxylic acid groups (broad SMARTS) is 1. The fourth-order valence-corrected chi connectivity index (χ4v) is 6.39. The number of aliphatic carboxylic acids is 1. The maximum Gasteiger partial charge on any atom is 0.308 e. The summed E-state index contributed by atoms with van der Waals surface area (Å²) < 4.78 is 6.20. The molecule has 8 heteroatoms. The summed E-state index contributed by atoms with van der Waals surface area (Å²) in [5.74, 6) is 1.78. The van der Waals surface area contributed by atoms with Gasteiger partial charge >= 0.3 is 5.97 Å². The van der Waals surface area contributed by atoms with Crippen LogP contribution >= 0.6 is 11.6 Å². The third kappa shape index (κ3) is 3.96. The molecular weight excluding hydrogens is 452 g/mol. The average Bonchev–Trinajstić information content (AvgIpc) is 3.01. The molecule has 3 atom stereocenters. The van der Waals surface area contributed by atoms with Crippen molar-refractivity contribution in [2.75, 3.05) is 39.3 Å². The summed E-state index contributed by atoms with van der Waals surface area (Å²) in [5, 5.41) is 14.5. The second-order valence-electron chi connectivity index (χ2n) is 9.82. The number of amidine groups is 1. The third-order valence-electron chi connectivity index (χ3n) is 7.89. The van der Waals surface area contributed by atoms with Crippen LogP contribution in [-0.2, 0) is 4.79 Å². The van der Waals surface area contributed by atoms with Gasteiger partial charge in [0.25, 0.3) is 0 Å². The standard InChI is InChI=1S/C26H29ClN4O3/c27-17-5-6-23-20(13-17)29-25(18-3-1-2-4-22(18)34-23)31-12-9-28-21(15-31)24(26(32)33)19-14-30-10-7-16(19)8-11-30/h1-6,13,16,19,21,24,28H,7-12,14-15H2,(H,32,33)/t19-,21+,24?/m0/s1. The molecule has 0 amide bonds. The number of rotatable bonds is 3. The van der Waals surface area contributed by atoms with Crippen LogP contribution in [0.5, 0.6) is 11.5 Å². The summed E-state index contributed by atoms with van der Waals surface area (Å²) in [6, 6.07) is 13.2. The topological polar surface area (TPSA) is 77.4 Å². The highest BCUT2D eigenvalue weighted by molar-refractivity contribution is 6.31. The molecule has 5 aliphatic heterocycles. The Morgan fingerprint density at radius 3 is 2.71 bits per heavy atom. The van der Waals surface area contributed by atoms with E-state index in [0.29, 0.717) is 35.5 Å². The molecule has 4 saturated heterocycles. The van der Waals surface area contributed by atoms with E-state index in [1.54, 1.807) is 6.07 Å². The molecular formula is C26H29ClN4O3. The van der Waals surface area contributed by atoms with Crippen LogP contribution in [0, 0.1) is 17.8 Å². The molecule has 0 aliphatic carbocycles. The van der Waals surface area contributed by atoms with E-state index in [9.17, 15) is 9.90 Å². The van der Waals surface area contributed by atoms with Crippen molar-refractivity contribution in [2.24, 2.45) is 22.7 Å². The Morgan fingerprint density at radius 1 is 1.12 bits per heavy atom. The zero-order valence-corrected chi connectivity index (χ0v) is 19.7. The fraction of sp³-hybridized carbons (Fsp3) is 0.462. The molecule has 7 rings (SSSR count). The number of fused-ring (bicyclic) bond motifs is 5. The number of ether oxygens (including phenoxy) is 1. The molecule has 0 spiro atoms. The summed E-state index contributed by atoms with van der Waals surface area (Å²) in [5.41, 5.74) is 1.59. The number of hydrogen-bond donors (Lipinski definition) is 2. The van der Waals surface area contributed by atoms with Crippen LogP contribution in [0.3, 0.4) is 0 Å². The summed E-state index contributed by atoms with van der Waals surface area (Å²) in [6.45, 7) is 5.14. The first kappa shape index (κ1) is 21.9.